The van der Waals surface area contributed by atoms with Crippen LogP contribution in [0, 0.1) is 5.82 Å². The van der Waals surface area contributed by atoms with Gasteiger partial charge in [0, 0.05) is 48.6 Å². The van der Waals surface area contributed by atoms with Crippen LogP contribution in [-0.2, 0) is 33.8 Å². The third-order valence-corrected chi connectivity index (χ3v) is 8.07. The molecule has 0 unspecified atom stereocenters. The number of hydrogen-bond donors (Lipinski definition) is 1. The molecule has 9 nitrogen and oxygen atoms in total. The van der Waals surface area contributed by atoms with Crippen molar-refractivity contribution in [1.82, 2.24) is 0 Å². The fourth-order valence-corrected chi connectivity index (χ4v) is 5.72. The Morgan fingerprint density at radius 3 is 2.22 bits per heavy atom. The van der Waals surface area contributed by atoms with Gasteiger partial charge in [-0.15, -0.1) is 0 Å². The summed E-state index contributed by atoms with van der Waals surface area (Å²) in [6, 6.07) is 23.3. The molecule has 0 fully saturated rings. The maximum Gasteiger partial charge on any atom is 0.338 e. The minimum absolute atomic E-state index is 0.0695. The zero-order valence-electron chi connectivity index (χ0n) is 28.4. The summed E-state index contributed by atoms with van der Waals surface area (Å²) in [7, 11) is 4.78. The van der Waals surface area contributed by atoms with E-state index in [1.807, 2.05) is 30.3 Å². The van der Waals surface area contributed by atoms with Crippen molar-refractivity contribution in [2.75, 3.05) is 31.1 Å². The highest BCUT2D eigenvalue weighted by Gasteiger charge is 2.36. The number of amides is 1. The summed E-state index contributed by atoms with van der Waals surface area (Å²) in [5.41, 5.74) is 1.89. The monoisotopic (exact) mass is 666 g/mol. The van der Waals surface area contributed by atoms with E-state index in [1.54, 1.807) is 63.1 Å². The molecule has 0 spiro atoms. The maximum atomic E-state index is 15.1. The zero-order valence-corrected chi connectivity index (χ0v) is 28.4. The fraction of sp³-hybridized carbons (Fsp3) is 0.256. The Kier molecular flexibility index (Phi) is 10.1. The Hall–Kier alpha value is -5.64. The van der Waals surface area contributed by atoms with Crippen molar-refractivity contribution in [2.24, 2.45) is 0 Å². The summed E-state index contributed by atoms with van der Waals surface area (Å²) in [5.74, 6) is -2.24. The second kappa shape index (κ2) is 14.2. The van der Waals surface area contributed by atoms with Gasteiger partial charge >= 0.3 is 5.97 Å². The average Bonchev–Trinajstić information content (AvgIpc) is 3.07. The van der Waals surface area contributed by atoms with Crippen LogP contribution in [0.3, 0.4) is 0 Å². The normalized spacial score (nSPS) is 12.7. The van der Waals surface area contributed by atoms with Crippen LogP contribution >= 0.6 is 0 Å². The van der Waals surface area contributed by atoms with Gasteiger partial charge in [0.05, 0.1) is 26.3 Å². The van der Waals surface area contributed by atoms with Gasteiger partial charge in [0.25, 0.3) is 5.91 Å². The van der Waals surface area contributed by atoms with Crippen molar-refractivity contribution in [1.29, 1.82) is 0 Å². The number of aliphatic hydroxyl groups excluding tert-OH is 1. The van der Waals surface area contributed by atoms with Gasteiger partial charge in [0.2, 0.25) is 0 Å². The van der Waals surface area contributed by atoms with Gasteiger partial charge in [-0.05, 0) is 80.4 Å². The predicted octanol–water partition coefficient (Wildman–Crippen LogP) is 7.06. The molecule has 0 heterocycles. The van der Waals surface area contributed by atoms with Gasteiger partial charge in [0.1, 0.15) is 34.2 Å². The van der Waals surface area contributed by atoms with Crippen molar-refractivity contribution >= 4 is 34.8 Å². The Balaban J connectivity index is 1.57. The molecule has 0 bridgehead atoms. The predicted molar refractivity (Wildman–Crippen MR) is 186 cm³/mol. The molecular weight excluding hydrogens is 627 g/mol. The SMILES string of the molecule is COc1ccc(CN(C(=O)C2=C(O)c3cc(F)cc(N(C)Cc4ccccc4)c3CC2=O)c2ccc(C(=O)OC(C)(C)C)cc2)c(OC)c1. The minimum Gasteiger partial charge on any atom is -0.506 e. The number of nitrogens with zero attached hydrogens (tertiary/aromatic N) is 2. The number of ether oxygens (including phenoxy) is 3. The smallest absolute Gasteiger partial charge is 0.338 e. The number of halogens is 1. The molecule has 10 heteroatoms. The van der Waals surface area contributed by atoms with Gasteiger partial charge in [0.15, 0.2) is 5.78 Å². The lowest BCUT2D eigenvalue weighted by molar-refractivity contribution is -0.121. The summed E-state index contributed by atoms with van der Waals surface area (Å²) in [6.07, 6.45) is -0.230. The Bertz CT molecular complexity index is 1910. The van der Waals surface area contributed by atoms with Crippen molar-refractivity contribution in [3.8, 4) is 11.5 Å². The molecule has 1 aliphatic carbocycles. The summed E-state index contributed by atoms with van der Waals surface area (Å²) in [4.78, 5) is 44.1. The van der Waals surface area contributed by atoms with E-state index in [9.17, 15) is 19.5 Å². The first kappa shape index (κ1) is 34.7. The molecule has 0 atom stereocenters. The first-order chi connectivity index (χ1) is 23.3. The summed E-state index contributed by atoms with van der Waals surface area (Å²) in [5, 5.41) is 11.6. The van der Waals surface area contributed by atoms with E-state index in [2.05, 4.69) is 0 Å². The van der Waals surface area contributed by atoms with Crippen LogP contribution < -0.4 is 19.3 Å². The molecule has 1 aliphatic rings. The van der Waals surface area contributed by atoms with Gasteiger partial charge in [-0.3, -0.25) is 9.59 Å². The lowest BCUT2D eigenvalue weighted by Crippen LogP contribution is -2.37. The molecule has 0 aromatic heterocycles. The van der Waals surface area contributed by atoms with E-state index in [4.69, 9.17) is 14.2 Å². The number of carbonyl (C=O) groups is 3. The second-order valence-corrected chi connectivity index (χ2v) is 12.7. The number of hydrogen-bond acceptors (Lipinski definition) is 8. The van der Waals surface area contributed by atoms with E-state index in [1.165, 1.54) is 37.3 Å². The molecule has 254 valence electrons. The summed E-state index contributed by atoms with van der Waals surface area (Å²) >= 11 is 0. The summed E-state index contributed by atoms with van der Waals surface area (Å²) < 4.78 is 31.5. The van der Waals surface area contributed by atoms with Crippen molar-refractivity contribution in [3.05, 3.63) is 124 Å². The number of Topliss-reactive ketones (excluding diaryl/α,β-unsaturated/α-hetero) is 1. The van der Waals surface area contributed by atoms with E-state index < -0.39 is 40.4 Å². The molecule has 0 radical (unpaired) electrons. The number of benzene rings is 4. The number of anilines is 2. The average molecular weight is 667 g/mol. The highest BCUT2D eigenvalue weighted by Crippen LogP contribution is 2.37. The van der Waals surface area contributed by atoms with E-state index in [0.29, 0.717) is 40.5 Å². The molecule has 4 aromatic rings. The molecular formula is C39H39FN2O7. The van der Waals surface area contributed by atoms with Crippen LogP contribution in [-0.4, -0.2) is 49.6 Å². The Morgan fingerprint density at radius 1 is 0.898 bits per heavy atom. The van der Waals surface area contributed by atoms with Crippen molar-refractivity contribution in [2.45, 2.75) is 45.9 Å². The second-order valence-electron chi connectivity index (χ2n) is 12.7. The lowest BCUT2D eigenvalue weighted by Gasteiger charge is -2.29. The van der Waals surface area contributed by atoms with Crippen LogP contribution in [0.5, 0.6) is 11.5 Å². The molecule has 0 saturated heterocycles. The van der Waals surface area contributed by atoms with E-state index in [-0.39, 0.29) is 24.1 Å². The first-order valence-corrected chi connectivity index (χ1v) is 15.7. The van der Waals surface area contributed by atoms with Crippen LogP contribution in [0.25, 0.3) is 5.76 Å². The third-order valence-electron chi connectivity index (χ3n) is 8.07. The van der Waals surface area contributed by atoms with Gasteiger partial charge in [-0.1, -0.05) is 30.3 Å². The van der Waals surface area contributed by atoms with Crippen LogP contribution in [0.2, 0.25) is 0 Å². The summed E-state index contributed by atoms with van der Waals surface area (Å²) in [6.45, 7) is 5.63. The number of methoxy groups -OCH3 is 2. The van der Waals surface area contributed by atoms with E-state index >= 15 is 4.39 Å². The number of carbonyl (C=O) groups excluding carboxylic acids is 3. The van der Waals surface area contributed by atoms with Crippen LogP contribution in [0.15, 0.2) is 90.5 Å². The number of ketones is 1. The number of aliphatic hydroxyl groups is 1. The van der Waals surface area contributed by atoms with Crippen LogP contribution in [0.4, 0.5) is 15.8 Å². The molecule has 49 heavy (non-hydrogen) atoms. The number of rotatable bonds is 10. The molecule has 5 rings (SSSR count). The largest absolute Gasteiger partial charge is 0.506 e. The quantitative estimate of drug-likeness (QED) is 0.142. The highest BCUT2D eigenvalue weighted by molar-refractivity contribution is 6.29. The fourth-order valence-electron chi connectivity index (χ4n) is 5.72. The van der Waals surface area contributed by atoms with Gasteiger partial charge in [-0.25, -0.2) is 9.18 Å². The molecule has 1 N–H and O–H groups in total. The van der Waals surface area contributed by atoms with Gasteiger partial charge in [-0.2, -0.15) is 0 Å². The first-order valence-electron chi connectivity index (χ1n) is 15.7. The Morgan fingerprint density at radius 2 is 1.59 bits per heavy atom. The molecule has 1 amide bonds. The van der Waals surface area contributed by atoms with Crippen LogP contribution in [0.1, 0.15) is 53.4 Å². The zero-order chi connectivity index (χ0) is 35.5. The standard InChI is InChI=1S/C39H39FN2O7/c1-39(2,3)49-38(46)25-12-15-28(16-13-25)42(23-26-14-17-29(47-5)20-34(26)48-6)37(45)35-33(43)21-30-31(36(35)44)18-27(40)19-32(30)41(4)22-24-10-8-7-9-11-24/h7-20,44H,21-23H2,1-6H3. The molecule has 0 aliphatic heterocycles. The maximum absolute atomic E-state index is 15.1. The van der Waals surface area contributed by atoms with Crippen molar-refractivity contribution < 1.29 is 38.1 Å². The van der Waals surface area contributed by atoms with Gasteiger partial charge < -0.3 is 29.1 Å². The van der Waals surface area contributed by atoms with Crippen molar-refractivity contribution in [3.63, 3.8) is 0 Å². The third kappa shape index (κ3) is 7.75. The molecule has 0 saturated carbocycles. The minimum atomic E-state index is -0.806. The highest BCUT2D eigenvalue weighted by atomic mass is 19.1. The topological polar surface area (TPSA) is 106 Å². The molecule has 4 aromatic carbocycles. The number of esters is 1. The lowest BCUT2D eigenvalue weighted by atomic mass is 9.87. The Labute approximate surface area is 285 Å². The van der Waals surface area contributed by atoms with E-state index in [0.717, 1.165) is 11.6 Å². The number of fused-ring (bicyclic) bond motifs is 1.